The molecule has 0 radical (unpaired) electrons. The Balaban J connectivity index is 2.87. The van der Waals surface area contributed by atoms with Crippen molar-refractivity contribution in [3.63, 3.8) is 0 Å². The van der Waals surface area contributed by atoms with Gasteiger partial charge in [-0.3, -0.25) is 4.79 Å². The lowest BCUT2D eigenvalue weighted by atomic mass is 10.0. The normalized spacial score (nSPS) is 11.4. The van der Waals surface area contributed by atoms with Crippen LogP contribution in [0.5, 0.6) is 0 Å². The van der Waals surface area contributed by atoms with Crippen molar-refractivity contribution < 1.29 is 9.18 Å². The van der Waals surface area contributed by atoms with Gasteiger partial charge in [0.1, 0.15) is 5.82 Å². The van der Waals surface area contributed by atoms with Gasteiger partial charge in [0.25, 0.3) is 5.91 Å². The molecule has 0 atom stereocenters. The van der Waals surface area contributed by atoms with Gasteiger partial charge in [0.15, 0.2) is 0 Å². The summed E-state index contributed by atoms with van der Waals surface area (Å²) in [7, 11) is 0. The highest BCUT2D eigenvalue weighted by atomic mass is 79.9. The Labute approximate surface area is 114 Å². The van der Waals surface area contributed by atoms with Crippen molar-refractivity contribution >= 4 is 33.4 Å². The number of amides is 1. The molecule has 0 saturated carbocycles. The molecule has 0 fully saturated rings. The number of halogens is 3. The monoisotopic (exact) mass is 321 g/mol. The van der Waals surface area contributed by atoms with Crippen molar-refractivity contribution in [2.45, 2.75) is 25.8 Å². The average molecular weight is 323 g/mol. The van der Waals surface area contributed by atoms with Gasteiger partial charge in [0.2, 0.25) is 0 Å². The number of hydrogen-bond acceptors (Lipinski definition) is 1. The van der Waals surface area contributed by atoms with E-state index in [2.05, 4.69) is 21.2 Å². The zero-order chi connectivity index (χ0) is 13.1. The molecule has 1 aromatic rings. The van der Waals surface area contributed by atoms with Gasteiger partial charge in [-0.1, -0.05) is 6.07 Å². The largest absolute Gasteiger partial charge is 0.347 e. The number of carbonyl (C=O) groups is 1. The van der Waals surface area contributed by atoms with Crippen LogP contribution in [0.15, 0.2) is 22.7 Å². The second-order valence-electron chi connectivity index (χ2n) is 4.38. The van der Waals surface area contributed by atoms with E-state index in [1.807, 2.05) is 13.8 Å². The second kappa shape index (κ2) is 5.83. The zero-order valence-corrected chi connectivity index (χ0v) is 12.0. The van der Waals surface area contributed by atoms with Crippen LogP contribution in [0.25, 0.3) is 0 Å². The summed E-state index contributed by atoms with van der Waals surface area (Å²) in [6.45, 7) is 3.75. The minimum absolute atomic E-state index is 0.180. The molecule has 0 unspecified atom stereocenters. The minimum atomic E-state index is -0.451. The van der Waals surface area contributed by atoms with Crippen LogP contribution in [0.4, 0.5) is 4.39 Å². The van der Waals surface area contributed by atoms with E-state index < -0.39 is 11.4 Å². The molecule has 1 rings (SSSR count). The molecule has 0 bridgehead atoms. The van der Waals surface area contributed by atoms with E-state index in [1.54, 1.807) is 6.07 Å². The molecule has 1 N–H and O–H groups in total. The number of hydrogen-bond donors (Lipinski definition) is 1. The first-order chi connectivity index (χ1) is 7.87. The van der Waals surface area contributed by atoms with Gasteiger partial charge < -0.3 is 5.32 Å². The van der Waals surface area contributed by atoms with Crippen LogP contribution >= 0.6 is 27.5 Å². The van der Waals surface area contributed by atoms with E-state index in [9.17, 15) is 9.18 Å². The number of alkyl halides is 1. The van der Waals surface area contributed by atoms with Crippen molar-refractivity contribution in [2.75, 3.05) is 5.88 Å². The van der Waals surface area contributed by atoms with Crippen molar-refractivity contribution in [1.29, 1.82) is 0 Å². The quantitative estimate of drug-likeness (QED) is 0.841. The number of benzene rings is 1. The smallest absolute Gasteiger partial charge is 0.252 e. The van der Waals surface area contributed by atoms with Gasteiger partial charge in [0.05, 0.1) is 10.0 Å². The maximum Gasteiger partial charge on any atom is 0.252 e. The van der Waals surface area contributed by atoms with Crippen LogP contribution in [0, 0.1) is 5.82 Å². The lowest BCUT2D eigenvalue weighted by molar-refractivity contribution is 0.0910. The topological polar surface area (TPSA) is 29.1 Å². The molecule has 1 amide bonds. The molecule has 0 aliphatic heterocycles. The summed E-state index contributed by atoms with van der Waals surface area (Å²) in [6, 6.07) is 4.37. The maximum atomic E-state index is 13.3. The molecule has 17 heavy (non-hydrogen) atoms. The third kappa shape index (κ3) is 3.96. The predicted molar refractivity (Wildman–Crippen MR) is 71.0 cm³/mol. The Kier molecular flexibility index (Phi) is 4.95. The van der Waals surface area contributed by atoms with Crippen LogP contribution < -0.4 is 5.32 Å². The summed E-state index contributed by atoms with van der Waals surface area (Å²) < 4.78 is 13.5. The van der Waals surface area contributed by atoms with Crippen LogP contribution in [0.1, 0.15) is 30.6 Å². The van der Waals surface area contributed by atoms with E-state index in [1.165, 1.54) is 12.1 Å². The molecule has 5 heteroatoms. The Hall–Kier alpha value is -0.610. The highest BCUT2D eigenvalue weighted by Gasteiger charge is 2.22. The summed E-state index contributed by atoms with van der Waals surface area (Å²) in [5, 5.41) is 2.82. The molecule has 0 aromatic heterocycles. The first-order valence-electron chi connectivity index (χ1n) is 5.20. The van der Waals surface area contributed by atoms with Crippen molar-refractivity contribution in [1.82, 2.24) is 5.32 Å². The molecule has 0 spiro atoms. The molecule has 0 aliphatic carbocycles. The predicted octanol–water partition coefficient (Wildman–Crippen LogP) is 3.73. The molecule has 1 aromatic carbocycles. The minimum Gasteiger partial charge on any atom is -0.347 e. The van der Waals surface area contributed by atoms with Crippen LogP contribution in [-0.2, 0) is 0 Å². The van der Waals surface area contributed by atoms with Gasteiger partial charge in [-0.25, -0.2) is 4.39 Å². The van der Waals surface area contributed by atoms with Gasteiger partial charge in [-0.15, -0.1) is 11.6 Å². The highest BCUT2D eigenvalue weighted by molar-refractivity contribution is 9.10. The highest BCUT2D eigenvalue weighted by Crippen LogP contribution is 2.21. The van der Waals surface area contributed by atoms with Crippen molar-refractivity contribution in [3.05, 3.63) is 34.1 Å². The van der Waals surface area contributed by atoms with E-state index in [4.69, 9.17) is 11.6 Å². The fraction of sp³-hybridized carbons (Fsp3) is 0.417. The summed E-state index contributed by atoms with van der Waals surface area (Å²) in [5.74, 6) is -0.309. The SMILES string of the molecule is CC(C)(CCCl)NC(=O)c1cccc(F)c1Br. The lowest BCUT2D eigenvalue weighted by Gasteiger charge is -2.25. The molecule has 94 valence electrons. The molecule has 0 heterocycles. The fourth-order valence-electron chi connectivity index (χ4n) is 1.35. The number of rotatable bonds is 4. The van der Waals surface area contributed by atoms with Crippen LogP contribution in [0.2, 0.25) is 0 Å². The number of nitrogens with one attached hydrogen (secondary N) is 1. The van der Waals surface area contributed by atoms with E-state index in [0.717, 1.165) is 0 Å². The Bertz CT molecular complexity index is 423. The van der Waals surface area contributed by atoms with E-state index >= 15 is 0 Å². The molecule has 0 aliphatic rings. The fourth-order valence-corrected chi connectivity index (χ4v) is 2.27. The van der Waals surface area contributed by atoms with Crippen molar-refractivity contribution in [3.8, 4) is 0 Å². The Morgan fingerprint density at radius 1 is 1.53 bits per heavy atom. The maximum absolute atomic E-state index is 13.3. The molecular formula is C12H14BrClFNO. The average Bonchev–Trinajstić information content (AvgIpc) is 2.21. The van der Waals surface area contributed by atoms with Gasteiger partial charge >= 0.3 is 0 Å². The number of carbonyl (C=O) groups excluding carboxylic acids is 1. The summed E-state index contributed by atoms with van der Waals surface area (Å²) in [6.07, 6.45) is 0.646. The summed E-state index contributed by atoms with van der Waals surface area (Å²) >= 11 is 8.72. The van der Waals surface area contributed by atoms with E-state index in [-0.39, 0.29) is 15.9 Å². The Morgan fingerprint density at radius 3 is 2.76 bits per heavy atom. The molecular weight excluding hydrogens is 308 g/mol. The van der Waals surface area contributed by atoms with Crippen LogP contribution in [-0.4, -0.2) is 17.3 Å². The van der Waals surface area contributed by atoms with Gasteiger partial charge in [-0.2, -0.15) is 0 Å². The van der Waals surface area contributed by atoms with Gasteiger partial charge in [-0.05, 0) is 48.3 Å². The summed E-state index contributed by atoms with van der Waals surface area (Å²) in [5.41, 5.74) is -0.127. The lowest BCUT2D eigenvalue weighted by Crippen LogP contribution is -2.43. The standard InChI is InChI=1S/C12H14BrClFNO/c1-12(2,6-7-14)16-11(17)8-4-3-5-9(15)10(8)13/h3-5H,6-7H2,1-2H3,(H,16,17). The zero-order valence-electron chi connectivity index (χ0n) is 9.69. The van der Waals surface area contributed by atoms with Crippen molar-refractivity contribution in [2.24, 2.45) is 0 Å². The first-order valence-corrected chi connectivity index (χ1v) is 6.52. The van der Waals surface area contributed by atoms with Crippen LogP contribution in [0.3, 0.4) is 0 Å². The molecule has 2 nitrogen and oxygen atoms in total. The van der Waals surface area contributed by atoms with Gasteiger partial charge in [0, 0.05) is 11.4 Å². The third-order valence-electron chi connectivity index (χ3n) is 2.37. The third-order valence-corrected chi connectivity index (χ3v) is 3.36. The van der Waals surface area contributed by atoms with E-state index in [0.29, 0.717) is 12.3 Å². The Morgan fingerprint density at radius 2 is 2.18 bits per heavy atom. The second-order valence-corrected chi connectivity index (χ2v) is 5.55. The summed E-state index contributed by atoms with van der Waals surface area (Å²) in [4.78, 5) is 12.0. The first kappa shape index (κ1) is 14.5. The molecule has 0 saturated heterocycles.